The van der Waals surface area contributed by atoms with Crippen molar-refractivity contribution in [1.29, 1.82) is 0 Å². The highest BCUT2D eigenvalue weighted by atomic mass is 16.1. The molecule has 1 aromatic carbocycles. The molecule has 2 fully saturated rings. The van der Waals surface area contributed by atoms with Gasteiger partial charge in [0.25, 0.3) is 0 Å². The third kappa shape index (κ3) is 3.22. The van der Waals surface area contributed by atoms with Crippen LogP contribution in [0.4, 0.5) is 5.82 Å². The van der Waals surface area contributed by atoms with Crippen molar-refractivity contribution in [3.63, 3.8) is 0 Å². The van der Waals surface area contributed by atoms with Crippen LogP contribution in [0.2, 0.25) is 0 Å². The van der Waals surface area contributed by atoms with Crippen molar-refractivity contribution in [2.75, 3.05) is 5.32 Å². The Kier molecular flexibility index (Phi) is 4.10. The third-order valence-corrected chi connectivity index (χ3v) is 5.16. The summed E-state index contributed by atoms with van der Waals surface area (Å²) in [6.45, 7) is 0. The van der Waals surface area contributed by atoms with Gasteiger partial charge >= 0.3 is 0 Å². The molecule has 2 saturated carbocycles. The minimum atomic E-state index is 0.0387. The summed E-state index contributed by atoms with van der Waals surface area (Å²) in [5, 5.41) is 7.79. The lowest BCUT2D eigenvalue weighted by Crippen LogP contribution is -2.28. The molecule has 5 nitrogen and oxygen atoms in total. The highest BCUT2D eigenvalue weighted by Crippen LogP contribution is 2.40. The van der Waals surface area contributed by atoms with E-state index in [0.717, 1.165) is 36.5 Å². The van der Waals surface area contributed by atoms with Crippen molar-refractivity contribution in [1.82, 2.24) is 9.78 Å². The number of hydrogen-bond donors (Lipinski definition) is 2. The van der Waals surface area contributed by atoms with Gasteiger partial charge in [0.2, 0.25) is 5.91 Å². The summed E-state index contributed by atoms with van der Waals surface area (Å²) in [5.41, 5.74) is 8.14. The molecule has 1 heterocycles. The Hall–Kier alpha value is -2.14. The van der Waals surface area contributed by atoms with Gasteiger partial charge in [-0.15, -0.1) is 0 Å². The van der Waals surface area contributed by atoms with E-state index in [-0.39, 0.29) is 11.9 Å². The lowest BCUT2D eigenvalue weighted by molar-refractivity contribution is -0.117. The van der Waals surface area contributed by atoms with E-state index >= 15 is 0 Å². The SMILES string of the molecule is N[C@@H]1CCC[C@H]1CC(=O)Nc1cc(C2CC2)nn1-c1ccccc1. The first-order chi connectivity index (χ1) is 11.7. The van der Waals surface area contributed by atoms with E-state index in [1.165, 1.54) is 12.8 Å². The molecule has 1 amide bonds. The van der Waals surface area contributed by atoms with Gasteiger partial charge in [-0.2, -0.15) is 5.10 Å². The Bertz CT molecular complexity index is 720. The Morgan fingerprint density at radius 2 is 2.00 bits per heavy atom. The molecule has 24 heavy (non-hydrogen) atoms. The number of rotatable bonds is 5. The molecule has 2 aliphatic carbocycles. The van der Waals surface area contributed by atoms with Gasteiger partial charge in [-0.25, -0.2) is 4.68 Å². The first-order valence-corrected chi connectivity index (χ1v) is 8.91. The number of hydrogen-bond acceptors (Lipinski definition) is 3. The van der Waals surface area contributed by atoms with E-state index in [1.54, 1.807) is 0 Å². The van der Waals surface area contributed by atoms with Crippen LogP contribution >= 0.6 is 0 Å². The largest absolute Gasteiger partial charge is 0.327 e. The van der Waals surface area contributed by atoms with Crippen LogP contribution < -0.4 is 11.1 Å². The molecule has 2 aromatic rings. The van der Waals surface area contributed by atoms with Crippen LogP contribution in [0.5, 0.6) is 0 Å². The molecule has 0 spiro atoms. The highest BCUT2D eigenvalue weighted by molar-refractivity contribution is 5.90. The molecule has 0 saturated heterocycles. The zero-order valence-electron chi connectivity index (χ0n) is 13.8. The van der Waals surface area contributed by atoms with Crippen LogP contribution in [0.25, 0.3) is 5.69 Å². The average Bonchev–Trinajstić information content (AvgIpc) is 3.25. The monoisotopic (exact) mass is 324 g/mol. The van der Waals surface area contributed by atoms with E-state index in [2.05, 4.69) is 5.32 Å². The number of aromatic nitrogens is 2. The second kappa shape index (κ2) is 6.40. The molecule has 0 unspecified atom stereocenters. The number of carbonyl (C=O) groups excluding carboxylic acids is 1. The number of carbonyl (C=O) groups is 1. The standard InChI is InChI=1S/C19H24N4O/c20-16-8-4-5-14(16)11-19(24)21-18-12-17(13-9-10-13)22-23(18)15-6-2-1-3-7-15/h1-3,6-7,12-14,16H,4-5,8-11,20H2,(H,21,24)/t14-,16+/m0/s1. The summed E-state index contributed by atoms with van der Waals surface area (Å²) < 4.78 is 1.85. The molecule has 0 aliphatic heterocycles. The normalized spacial score (nSPS) is 23.4. The lowest BCUT2D eigenvalue weighted by Gasteiger charge is -2.15. The lowest BCUT2D eigenvalue weighted by atomic mass is 10.00. The number of amides is 1. The maximum atomic E-state index is 12.5. The smallest absolute Gasteiger partial charge is 0.225 e. The van der Waals surface area contributed by atoms with E-state index in [9.17, 15) is 4.79 Å². The number of nitrogens with zero attached hydrogens (tertiary/aromatic N) is 2. The summed E-state index contributed by atoms with van der Waals surface area (Å²) in [7, 11) is 0. The maximum Gasteiger partial charge on any atom is 0.225 e. The van der Waals surface area contributed by atoms with E-state index in [4.69, 9.17) is 10.8 Å². The van der Waals surface area contributed by atoms with Crippen molar-refractivity contribution < 1.29 is 4.79 Å². The van der Waals surface area contributed by atoms with Gasteiger partial charge in [-0.3, -0.25) is 4.79 Å². The molecule has 3 N–H and O–H groups in total. The predicted octanol–water partition coefficient (Wildman–Crippen LogP) is 3.21. The molecule has 0 radical (unpaired) electrons. The zero-order chi connectivity index (χ0) is 16.5. The zero-order valence-corrected chi connectivity index (χ0v) is 13.8. The van der Waals surface area contributed by atoms with Gasteiger partial charge in [0.15, 0.2) is 0 Å². The summed E-state index contributed by atoms with van der Waals surface area (Å²) in [6, 6.07) is 12.1. The van der Waals surface area contributed by atoms with Crippen LogP contribution in [0.3, 0.4) is 0 Å². The fourth-order valence-corrected chi connectivity index (χ4v) is 3.58. The molecular formula is C19H24N4O. The van der Waals surface area contributed by atoms with Gasteiger partial charge in [-0.05, 0) is 43.7 Å². The van der Waals surface area contributed by atoms with Gasteiger partial charge < -0.3 is 11.1 Å². The van der Waals surface area contributed by atoms with Crippen LogP contribution in [-0.2, 0) is 4.79 Å². The first kappa shape index (κ1) is 15.4. The Labute approximate surface area is 142 Å². The molecule has 1 aromatic heterocycles. The quantitative estimate of drug-likeness (QED) is 0.887. The fraction of sp³-hybridized carbons (Fsp3) is 0.474. The van der Waals surface area contributed by atoms with Crippen molar-refractivity contribution >= 4 is 11.7 Å². The maximum absolute atomic E-state index is 12.5. The molecule has 2 aliphatic rings. The minimum absolute atomic E-state index is 0.0387. The fourth-order valence-electron chi connectivity index (χ4n) is 3.58. The summed E-state index contributed by atoms with van der Waals surface area (Å²) >= 11 is 0. The number of nitrogens with two attached hydrogens (primary N) is 1. The average molecular weight is 324 g/mol. The number of benzene rings is 1. The Morgan fingerprint density at radius 3 is 2.67 bits per heavy atom. The Morgan fingerprint density at radius 1 is 1.21 bits per heavy atom. The number of nitrogens with one attached hydrogen (secondary N) is 1. The van der Waals surface area contributed by atoms with Crippen molar-refractivity contribution in [2.24, 2.45) is 11.7 Å². The van der Waals surface area contributed by atoms with Gasteiger partial charge in [0.05, 0.1) is 11.4 Å². The topological polar surface area (TPSA) is 72.9 Å². The molecule has 2 atom stereocenters. The summed E-state index contributed by atoms with van der Waals surface area (Å²) in [4.78, 5) is 12.5. The van der Waals surface area contributed by atoms with Crippen molar-refractivity contribution in [2.45, 2.75) is 50.5 Å². The molecular weight excluding hydrogens is 300 g/mol. The second-order valence-electron chi connectivity index (χ2n) is 7.08. The van der Waals surface area contributed by atoms with E-state index < -0.39 is 0 Å². The van der Waals surface area contributed by atoms with Gasteiger partial charge in [-0.1, -0.05) is 24.6 Å². The summed E-state index contributed by atoms with van der Waals surface area (Å²) in [5.74, 6) is 1.66. The minimum Gasteiger partial charge on any atom is -0.327 e. The molecule has 126 valence electrons. The Balaban J connectivity index is 1.54. The highest BCUT2D eigenvalue weighted by Gasteiger charge is 2.29. The van der Waals surface area contributed by atoms with Gasteiger partial charge in [0.1, 0.15) is 5.82 Å². The summed E-state index contributed by atoms with van der Waals surface area (Å²) in [6.07, 6.45) is 6.10. The van der Waals surface area contributed by atoms with Crippen LogP contribution in [0.1, 0.15) is 50.1 Å². The molecule has 0 bridgehead atoms. The van der Waals surface area contributed by atoms with Crippen LogP contribution in [-0.4, -0.2) is 21.7 Å². The predicted molar refractivity (Wildman–Crippen MR) is 94.1 cm³/mol. The van der Waals surface area contributed by atoms with Crippen molar-refractivity contribution in [3.05, 3.63) is 42.1 Å². The molecule has 5 heteroatoms. The van der Waals surface area contributed by atoms with E-state index in [0.29, 0.717) is 18.3 Å². The van der Waals surface area contributed by atoms with E-state index in [1.807, 2.05) is 41.1 Å². The second-order valence-corrected chi connectivity index (χ2v) is 7.08. The van der Waals surface area contributed by atoms with Crippen LogP contribution in [0, 0.1) is 5.92 Å². The van der Waals surface area contributed by atoms with Crippen LogP contribution in [0.15, 0.2) is 36.4 Å². The molecule has 4 rings (SSSR count). The van der Waals surface area contributed by atoms with Crippen molar-refractivity contribution in [3.8, 4) is 5.69 Å². The number of para-hydroxylation sites is 1. The number of anilines is 1. The van der Waals surface area contributed by atoms with Gasteiger partial charge in [0, 0.05) is 24.4 Å². The first-order valence-electron chi connectivity index (χ1n) is 8.91. The third-order valence-electron chi connectivity index (χ3n) is 5.16.